The molecule has 1 atom stereocenters. The Hall–Kier alpha value is -2.60. The molecule has 1 amide bonds. The first-order valence-corrected chi connectivity index (χ1v) is 11.1. The number of fused-ring (bicyclic) bond motifs is 3. The van der Waals surface area contributed by atoms with Crippen LogP contribution in [0.5, 0.6) is 11.5 Å². The molecule has 0 aliphatic carbocycles. The summed E-state index contributed by atoms with van der Waals surface area (Å²) in [6.45, 7) is 3.70. The molecule has 2 bridgehead atoms. The van der Waals surface area contributed by atoms with E-state index in [1.165, 1.54) is 30.9 Å². The van der Waals surface area contributed by atoms with E-state index in [1.807, 2.05) is 11.0 Å². The van der Waals surface area contributed by atoms with Gasteiger partial charge in [-0.2, -0.15) is 0 Å². The molecule has 30 heavy (non-hydrogen) atoms. The lowest BCUT2D eigenvalue weighted by atomic mass is 9.95. The number of hydrogen-bond acceptors (Lipinski definition) is 5. The van der Waals surface area contributed by atoms with Crippen LogP contribution in [-0.4, -0.2) is 64.6 Å². The van der Waals surface area contributed by atoms with Gasteiger partial charge < -0.3 is 14.7 Å². The maximum absolute atomic E-state index is 13.1. The van der Waals surface area contributed by atoms with E-state index in [4.69, 9.17) is 4.74 Å². The number of aromatic nitrogens is 1. The van der Waals surface area contributed by atoms with Gasteiger partial charge in [0.15, 0.2) is 5.69 Å². The molecule has 160 valence electrons. The summed E-state index contributed by atoms with van der Waals surface area (Å²) >= 11 is 0. The second-order valence-electron chi connectivity index (χ2n) is 8.24. The monoisotopic (exact) mass is 409 g/mol. The van der Waals surface area contributed by atoms with E-state index in [9.17, 15) is 9.90 Å². The van der Waals surface area contributed by atoms with Gasteiger partial charge in [0.25, 0.3) is 5.91 Å². The van der Waals surface area contributed by atoms with E-state index in [0.717, 1.165) is 38.1 Å². The van der Waals surface area contributed by atoms with Gasteiger partial charge in [0.2, 0.25) is 0 Å². The molecule has 1 N–H and O–H groups in total. The van der Waals surface area contributed by atoms with Crippen molar-refractivity contribution in [3.8, 4) is 11.5 Å². The molecule has 0 radical (unpaired) electrons. The fraction of sp³-hybridized carbons (Fsp3) is 0.500. The van der Waals surface area contributed by atoms with Crippen molar-refractivity contribution in [1.29, 1.82) is 0 Å². The first-order valence-electron chi connectivity index (χ1n) is 11.1. The van der Waals surface area contributed by atoms with Gasteiger partial charge in [0.05, 0.1) is 6.61 Å². The van der Waals surface area contributed by atoms with Crippen molar-refractivity contribution in [1.82, 2.24) is 14.8 Å². The van der Waals surface area contributed by atoms with Gasteiger partial charge in [-0.05, 0) is 68.5 Å². The minimum absolute atomic E-state index is 0.0641. The third-order valence-electron chi connectivity index (χ3n) is 6.19. The third kappa shape index (κ3) is 5.11. The predicted molar refractivity (Wildman–Crippen MR) is 116 cm³/mol. The van der Waals surface area contributed by atoms with E-state index < -0.39 is 0 Å². The van der Waals surface area contributed by atoms with Gasteiger partial charge in [-0.1, -0.05) is 18.6 Å². The van der Waals surface area contributed by atoms with Gasteiger partial charge in [0, 0.05) is 31.9 Å². The number of aromatic hydroxyl groups is 1. The molecule has 1 fully saturated rings. The van der Waals surface area contributed by atoms with Crippen LogP contribution in [0.4, 0.5) is 0 Å². The summed E-state index contributed by atoms with van der Waals surface area (Å²) in [4.78, 5) is 21.6. The van der Waals surface area contributed by atoms with Crippen molar-refractivity contribution in [2.24, 2.45) is 0 Å². The van der Waals surface area contributed by atoms with Crippen molar-refractivity contribution in [2.75, 3.05) is 32.8 Å². The number of carbonyl (C=O) groups is 1. The standard InChI is InChI=1S/C24H31N3O3/c28-22-9-4-12-25-23(22)24(29)27-14-5-17-30-21-8-3-6-19(18-21)10-11-20-7-1-2-13-26(20)15-16-27/h3-4,6,8-9,12,18,20,28H,1-2,5,7,10-11,13-17H2. The zero-order chi connectivity index (χ0) is 20.8. The molecule has 1 aromatic heterocycles. The summed E-state index contributed by atoms with van der Waals surface area (Å²) in [6, 6.07) is 12.1. The molecule has 6 heteroatoms. The molecular weight excluding hydrogens is 378 g/mol. The summed E-state index contributed by atoms with van der Waals surface area (Å²) in [5, 5.41) is 10.1. The molecule has 1 saturated heterocycles. The SMILES string of the molecule is O=C(c1ncccc1O)N1CCCOc2cccc(c2)CCC2CCCCN2CC1. The van der Waals surface area contributed by atoms with E-state index in [1.54, 1.807) is 12.3 Å². The number of amides is 1. The van der Waals surface area contributed by atoms with Crippen LogP contribution in [0.2, 0.25) is 0 Å². The molecule has 0 saturated carbocycles. The smallest absolute Gasteiger partial charge is 0.276 e. The topological polar surface area (TPSA) is 65.9 Å². The Balaban J connectivity index is 1.53. The number of ether oxygens (including phenoxy) is 1. The van der Waals surface area contributed by atoms with Crippen LogP contribution in [-0.2, 0) is 6.42 Å². The molecule has 0 spiro atoms. The lowest BCUT2D eigenvalue weighted by molar-refractivity contribution is 0.0674. The van der Waals surface area contributed by atoms with Crippen LogP contribution in [0.3, 0.4) is 0 Å². The van der Waals surface area contributed by atoms with Gasteiger partial charge in [-0.3, -0.25) is 9.69 Å². The molecule has 6 nitrogen and oxygen atoms in total. The zero-order valence-electron chi connectivity index (χ0n) is 17.5. The van der Waals surface area contributed by atoms with Crippen LogP contribution in [0.1, 0.15) is 48.2 Å². The Morgan fingerprint density at radius 3 is 2.87 bits per heavy atom. The highest BCUT2D eigenvalue weighted by Gasteiger charge is 2.25. The van der Waals surface area contributed by atoms with Crippen LogP contribution >= 0.6 is 0 Å². The normalized spacial score (nSPS) is 21.2. The second-order valence-corrected chi connectivity index (χ2v) is 8.24. The Kier molecular flexibility index (Phi) is 6.84. The quantitative estimate of drug-likeness (QED) is 0.781. The van der Waals surface area contributed by atoms with Crippen LogP contribution in [0, 0.1) is 0 Å². The first-order chi connectivity index (χ1) is 14.7. The lowest BCUT2D eigenvalue weighted by Crippen LogP contribution is -2.45. The van der Waals surface area contributed by atoms with Gasteiger partial charge >= 0.3 is 0 Å². The summed E-state index contributed by atoms with van der Waals surface area (Å²) < 4.78 is 5.94. The molecule has 2 aromatic rings. The number of rotatable bonds is 1. The fourth-order valence-electron chi connectivity index (χ4n) is 4.53. The average Bonchev–Trinajstić information content (AvgIpc) is 2.77. The maximum atomic E-state index is 13.1. The highest BCUT2D eigenvalue weighted by Crippen LogP contribution is 2.23. The van der Waals surface area contributed by atoms with Gasteiger partial charge in [-0.25, -0.2) is 4.98 Å². The van der Waals surface area contributed by atoms with Gasteiger partial charge in [0.1, 0.15) is 11.5 Å². The molecule has 1 aromatic carbocycles. The van der Waals surface area contributed by atoms with Crippen LogP contribution in [0.25, 0.3) is 0 Å². The summed E-state index contributed by atoms with van der Waals surface area (Å²) in [6.07, 6.45) is 8.15. The van der Waals surface area contributed by atoms with Crippen molar-refractivity contribution in [2.45, 2.75) is 44.6 Å². The molecule has 2 aliphatic rings. The molecular formula is C24H31N3O3. The second kappa shape index (κ2) is 9.94. The minimum atomic E-state index is -0.212. The zero-order valence-corrected chi connectivity index (χ0v) is 17.5. The number of piperidine rings is 1. The Morgan fingerprint density at radius 2 is 1.97 bits per heavy atom. The number of pyridine rings is 1. The molecule has 1 unspecified atom stereocenters. The van der Waals surface area contributed by atoms with Gasteiger partial charge in [-0.15, -0.1) is 0 Å². The lowest BCUT2D eigenvalue weighted by Gasteiger charge is -2.37. The van der Waals surface area contributed by atoms with E-state index in [2.05, 4.69) is 28.1 Å². The Morgan fingerprint density at radius 1 is 1.03 bits per heavy atom. The third-order valence-corrected chi connectivity index (χ3v) is 6.19. The van der Waals surface area contributed by atoms with Crippen molar-refractivity contribution in [3.63, 3.8) is 0 Å². The Bertz CT molecular complexity index is 857. The number of aryl methyl sites for hydroxylation is 1. The first kappa shape index (κ1) is 20.7. The largest absolute Gasteiger partial charge is 0.505 e. The number of nitrogens with zero attached hydrogens (tertiary/aromatic N) is 3. The number of carbonyl (C=O) groups excluding carboxylic acids is 1. The van der Waals surface area contributed by atoms with E-state index in [0.29, 0.717) is 25.7 Å². The van der Waals surface area contributed by atoms with E-state index >= 15 is 0 Å². The summed E-state index contributed by atoms with van der Waals surface area (Å²) in [7, 11) is 0. The maximum Gasteiger partial charge on any atom is 0.276 e. The molecule has 4 rings (SSSR count). The van der Waals surface area contributed by atoms with Crippen molar-refractivity contribution in [3.05, 3.63) is 53.9 Å². The Labute approximate surface area is 178 Å². The average molecular weight is 410 g/mol. The fourth-order valence-corrected chi connectivity index (χ4v) is 4.53. The van der Waals surface area contributed by atoms with Crippen LogP contribution in [0.15, 0.2) is 42.6 Å². The van der Waals surface area contributed by atoms with Crippen molar-refractivity contribution < 1.29 is 14.6 Å². The summed E-state index contributed by atoms with van der Waals surface area (Å²) in [5.41, 5.74) is 1.46. The highest BCUT2D eigenvalue weighted by molar-refractivity contribution is 5.94. The molecule has 3 heterocycles. The number of hydrogen-bond donors (Lipinski definition) is 1. The predicted octanol–water partition coefficient (Wildman–Crippen LogP) is 3.50. The van der Waals surface area contributed by atoms with Crippen LogP contribution < -0.4 is 4.74 Å². The van der Waals surface area contributed by atoms with E-state index in [-0.39, 0.29) is 17.4 Å². The van der Waals surface area contributed by atoms with Crippen molar-refractivity contribution >= 4 is 5.91 Å². The minimum Gasteiger partial charge on any atom is -0.505 e. The number of benzene rings is 1. The molecule has 2 aliphatic heterocycles. The summed E-state index contributed by atoms with van der Waals surface area (Å²) in [5.74, 6) is 0.617. The highest BCUT2D eigenvalue weighted by atomic mass is 16.5.